The number of carbonyl (C=O) groups is 2. The highest BCUT2D eigenvalue weighted by atomic mass is 16.5. The van der Waals surface area contributed by atoms with Crippen molar-refractivity contribution >= 4 is 11.8 Å². The fraction of sp³-hybridized carbons (Fsp3) is 0.280. The number of hydrogen-bond donors (Lipinski definition) is 1. The van der Waals surface area contributed by atoms with E-state index in [1.165, 1.54) is 0 Å². The largest absolute Gasteiger partial charge is 0.361 e. The molecule has 32 heavy (non-hydrogen) atoms. The SMILES string of the molecule is CCNC(=O)[C@@]1(Cc2ccccc2-c2cccnc2)CN(C(=O)c2ccccn2)CCO1. The second-order valence-corrected chi connectivity index (χ2v) is 7.72. The molecule has 0 radical (unpaired) electrons. The minimum atomic E-state index is -1.20. The summed E-state index contributed by atoms with van der Waals surface area (Å²) < 4.78 is 6.15. The molecule has 1 saturated heterocycles. The van der Waals surface area contributed by atoms with Gasteiger partial charge in [0.15, 0.2) is 5.60 Å². The Morgan fingerprint density at radius 3 is 2.69 bits per heavy atom. The summed E-state index contributed by atoms with van der Waals surface area (Å²) in [7, 11) is 0. The van der Waals surface area contributed by atoms with Crippen molar-refractivity contribution in [3.8, 4) is 11.1 Å². The first-order valence-corrected chi connectivity index (χ1v) is 10.7. The number of nitrogens with one attached hydrogen (secondary N) is 1. The Balaban J connectivity index is 1.68. The lowest BCUT2D eigenvalue weighted by molar-refractivity contribution is -0.157. The van der Waals surface area contributed by atoms with Gasteiger partial charge in [-0.25, -0.2) is 0 Å². The topological polar surface area (TPSA) is 84.4 Å². The minimum Gasteiger partial charge on any atom is -0.361 e. The van der Waals surface area contributed by atoms with Crippen LogP contribution in [0, 0.1) is 0 Å². The first-order chi connectivity index (χ1) is 15.6. The van der Waals surface area contributed by atoms with Crippen LogP contribution in [0.1, 0.15) is 23.0 Å². The Morgan fingerprint density at radius 2 is 1.94 bits per heavy atom. The second-order valence-electron chi connectivity index (χ2n) is 7.72. The summed E-state index contributed by atoms with van der Waals surface area (Å²) in [4.78, 5) is 36.4. The fourth-order valence-electron chi connectivity index (χ4n) is 4.04. The van der Waals surface area contributed by atoms with Crippen LogP contribution in [0.25, 0.3) is 11.1 Å². The van der Waals surface area contributed by atoms with E-state index in [0.717, 1.165) is 16.7 Å². The van der Waals surface area contributed by atoms with Crippen molar-refractivity contribution in [3.63, 3.8) is 0 Å². The van der Waals surface area contributed by atoms with Crippen LogP contribution in [-0.2, 0) is 16.0 Å². The van der Waals surface area contributed by atoms with Gasteiger partial charge in [0.2, 0.25) is 0 Å². The third-order valence-corrected chi connectivity index (χ3v) is 5.57. The molecule has 4 rings (SSSR count). The van der Waals surface area contributed by atoms with Gasteiger partial charge in [-0.15, -0.1) is 0 Å². The van der Waals surface area contributed by atoms with E-state index < -0.39 is 5.60 Å². The molecular formula is C25H26N4O3. The monoisotopic (exact) mass is 430 g/mol. The van der Waals surface area contributed by atoms with Crippen molar-refractivity contribution in [2.75, 3.05) is 26.2 Å². The molecule has 0 aliphatic carbocycles. The number of aromatic nitrogens is 2. The highest BCUT2D eigenvalue weighted by Gasteiger charge is 2.45. The number of amides is 2. The zero-order chi connectivity index (χ0) is 22.4. The highest BCUT2D eigenvalue weighted by molar-refractivity contribution is 5.94. The predicted octanol–water partition coefficient (Wildman–Crippen LogP) is 2.73. The molecule has 164 valence electrons. The summed E-state index contributed by atoms with van der Waals surface area (Å²) in [6.45, 7) is 3.17. The number of hydrogen-bond acceptors (Lipinski definition) is 5. The Bertz CT molecular complexity index is 1070. The van der Waals surface area contributed by atoms with Crippen LogP contribution in [0.4, 0.5) is 0 Å². The first kappa shape index (κ1) is 21.6. The summed E-state index contributed by atoms with van der Waals surface area (Å²) in [5.74, 6) is -0.428. The minimum absolute atomic E-state index is 0.148. The molecule has 1 fully saturated rings. The molecule has 2 amide bonds. The molecule has 1 atom stereocenters. The van der Waals surface area contributed by atoms with Crippen LogP contribution in [0.2, 0.25) is 0 Å². The van der Waals surface area contributed by atoms with E-state index in [2.05, 4.69) is 15.3 Å². The summed E-state index contributed by atoms with van der Waals surface area (Å²) >= 11 is 0. The van der Waals surface area contributed by atoms with Crippen LogP contribution >= 0.6 is 0 Å². The Morgan fingerprint density at radius 1 is 1.09 bits per heavy atom. The number of carbonyl (C=O) groups excluding carboxylic acids is 2. The summed E-state index contributed by atoms with van der Waals surface area (Å²) in [5, 5.41) is 2.90. The van der Waals surface area contributed by atoms with Crippen molar-refractivity contribution < 1.29 is 14.3 Å². The third kappa shape index (κ3) is 4.53. The van der Waals surface area contributed by atoms with Crippen molar-refractivity contribution in [1.29, 1.82) is 0 Å². The van der Waals surface area contributed by atoms with Crippen LogP contribution < -0.4 is 5.32 Å². The average molecular weight is 431 g/mol. The third-order valence-electron chi connectivity index (χ3n) is 5.57. The van der Waals surface area contributed by atoms with E-state index in [-0.39, 0.29) is 25.0 Å². The van der Waals surface area contributed by atoms with Crippen LogP contribution in [0.15, 0.2) is 73.2 Å². The molecule has 0 unspecified atom stereocenters. The molecule has 3 heterocycles. The van der Waals surface area contributed by atoms with Crippen molar-refractivity contribution in [1.82, 2.24) is 20.2 Å². The number of morpholine rings is 1. The van der Waals surface area contributed by atoms with Gasteiger partial charge < -0.3 is 15.0 Å². The van der Waals surface area contributed by atoms with Gasteiger partial charge in [0, 0.05) is 43.7 Å². The predicted molar refractivity (Wildman–Crippen MR) is 121 cm³/mol. The molecule has 3 aromatic rings. The molecule has 0 spiro atoms. The van der Waals surface area contributed by atoms with Gasteiger partial charge in [-0.1, -0.05) is 36.4 Å². The van der Waals surface area contributed by atoms with Gasteiger partial charge in [0.1, 0.15) is 5.69 Å². The van der Waals surface area contributed by atoms with Gasteiger partial charge in [-0.2, -0.15) is 0 Å². The maximum atomic E-state index is 13.3. The zero-order valence-corrected chi connectivity index (χ0v) is 18.0. The molecule has 0 bridgehead atoms. The normalized spacial score (nSPS) is 18.2. The number of rotatable bonds is 6. The lowest BCUT2D eigenvalue weighted by Gasteiger charge is -2.41. The van der Waals surface area contributed by atoms with Crippen LogP contribution in [0.5, 0.6) is 0 Å². The molecule has 2 aromatic heterocycles. The average Bonchev–Trinajstić information content (AvgIpc) is 2.85. The maximum Gasteiger partial charge on any atom is 0.272 e. The van der Waals surface area contributed by atoms with Crippen molar-refractivity contribution in [2.24, 2.45) is 0 Å². The lowest BCUT2D eigenvalue weighted by Crippen LogP contribution is -2.62. The number of ether oxygens (including phenoxy) is 1. The summed E-state index contributed by atoms with van der Waals surface area (Å²) in [6, 6.07) is 17.0. The Labute approximate surface area is 187 Å². The molecule has 7 nitrogen and oxygen atoms in total. The van der Waals surface area contributed by atoms with E-state index in [9.17, 15) is 9.59 Å². The molecular weight excluding hydrogens is 404 g/mol. The number of pyridine rings is 2. The number of likely N-dealkylation sites (N-methyl/N-ethyl adjacent to an activating group) is 1. The van der Waals surface area contributed by atoms with E-state index >= 15 is 0 Å². The van der Waals surface area contributed by atoms with E-state index in [0.29, 0.717) is 25.2 Å². The fourth-order valence-corrected chi connectivity index (χ4v) is 4.04. The van der Waals surface area contributed by atoms with Gasteiger partial charge in [0.25, 0.3) is 11.8 Å². The van der Waals surface area contributed by atoms with Crippen LogP contribution in [0.3, 0.4) is 0 Å². The van der Waals surface area contributed by atoms with Crippen molar-refractivity contribution in [3.05, 3.63) is 84.4 Å². The molecule has 7 heteroatoms. The smallest absolute Gasteiger partial charge is 0.272 e. The quantitative estimate of drug-likeness (QED) is 0.650. The van der Waals surface area contributed by atoms with E-state index in [1.807, 2.05) is 43.3 Å². The van der Waals surface area contributed by atoms with E-state index in [4.69, 9.17) is 4.74 Å². The Hall–Kier alpha value is -3.58. The van der Waals surface area contributed by atoms with Crippen LogP contribution in [-0.4, -0.2) is 58.5 Å². The molecule has 0 saturated carbocycles. The van der Waals surface area contributed by atoms with Gasteiger partial charge in [-0.05, 0) is 36.2 Å². The number of nitrogens with zero attached hydrogens (tertiary/aromatic N) is 3. The standard InChI is InChI=1S/C25H26N4O3/c1-2-27-24(31)25(16-19-8-3-4-10-21(19)20-9-7-12-26-17-20)18-29(14-15-32-25)23(30)22-11-5-6-13-28-22/h3-13,17H,2,14-16,18H2,1H3,(H,27,31)/t25-/m1/s1. The lowest BCUT2D eigenvalue weighted by atomic mass is 9.87. The van der Waals surface area contributed by atoms with Gasteiger partial charge in [-0.3, -0.25) is 19.6 Å². The van der Waals surface area contributed by atoms with Gasteiger partial charge in [0.05, 0.1) is 13.2 Å². The molecule has 1 aromatic carbocycles. The Kier molecular flexibility index (Phi) is 6.56. The van der Waals surface area contributed by atoms with Gasteiger partial charge >= 0.3 is 0 Å². The van der Waals surface area contributed by atoms with Crippen molar-refractivity contribution in [2.45, 2.75) is 18.9 Å². The number of benzene rings is 1. The summed E-state index contributed by atoms with van der Waals surface area (Å²) in [5.41, 5.74) is 2.07. The van der Waals surface area contributed by atoms with E-state index in [1.54, 1.807) is 41.7 Å². The highest BCUT2D eigenvalue weighted by Crippen LogP contribution is 2.30. The second kappa shape index (κ2) is 9.70. The molecule has 1 aliphatic heterocycles. The molecule has 1 N–H and O–H groups in total. The maximum absolute atomic E-state index is 13.3. The zero-order valence-electron chi connectivity index (χ0n) is 18.0. The first-order valence-electron chi connectivity index (χ1n) is 10.7. The summed E-state index contributed by atoms with van der Waals surface area (Å²) in [6.07, 6.45) is 5.45. The molecule has 1 aliphatic rings.